The van der Waals surface area contributed by atoms with Crippen LogP contribution in [0.5, 0.6) is 0 Å². The molecule has 9 heteroatoms. The topological polar surface area (TPSA) is 0 Å². The average molecular weight is 623 g/mol. The Hall–Kier alpha value is -4.66. The molecule has 0 amide bonds. The molecule has 0 saturated carbocycles. The van der Waals surface area contributed by atoms with Crippen molar-refractivity contribution in [3.8, 4) is 0 Å². The lowest BCUT2D eigenvalue weighted by molar-refractivity contribution is 0.564. The predicted molar refractivity (Wildman–Crippen MR) is 165 cm³/mol. The van der Waals surface area contributed by atoms with Crippen molar-refractivity contribution in [2.75, 3.05) is 0 Å². The quantitative estimate of drug-likeness (QED) is 0.0899. The van der Waals surface area contributed by atoms with Crippen LogP contribution in [0.15, 0.2) is 99.2 Å². The van der Waals surface area contributed by atoms with Crippen molar-refractivity contribution in [1.82, 2.24) is 0 Å². The lowest BCUT2D eigenvalue weighted by atomic mass is 9.13. The van der Waals surface area contributed by atoms with Gasteiger partial charge in [0, 0.05) is 22.3 Å². The van der Waals surface area contributed by atoms with Crippen molar-refractivity contribution in [3.63, 3.8) is 0 Å². The summed E-state index contributed by atoms with van der Waals surface area (Å²) in [4.78, 5) is 0. The Morgan fingerprint density at radius 3 is 0.644 bits per heavy atom. The minimum atomic E-state index is -3.50. The van der Waals surface area contributed by atoms with Crippen molar-refractivity contribution < 1.29 is 35.1 Å². The van der Waals surface area contributed by atoms with Crippen LogP contribution in [0.25, 0.3) is 0 Å². The molecule has 0 radical (unpaired) electrons. The minimum Gasteiger partial charge on any atom is -0.207 e. The van der Waals surface area contributed by atoms with Gasteiger partial charge in [-0.15, -0.1) is 26.3 Å². The summed E-state index contributed by atoms with van der Waals surface area (Å²) < 4.78 is 125. The summed E-state index contributed by atoms with van der Waals surface area (Å²) in [7, 11) is 0. The zero-order valence-electron chi connectivity index (χ0n) is 24.2. The molecule has 232 valence electrons. The molecule has 4 aromatic rings. The van der Waals surface area contributed by atoms with Crippen LogP contribution in [0.2, 0.25) is 0 Å². The molecule has 0 aliphatic heterocycles. The Morgan fingerprint density at radius 1 is 0.356 bits per heavy atom. The molecule has 0 aromatic heterocycles. The third-order valence-corrected chi connectivity index (χ3v) is 8.05. The summed E-state index contributed by atoms with van der Waals surface area (Å²) in [6.45, 7) is 13.9. The minimum absolute atomic E-state index is 0.240. The van der Waals surface area contributed by atoms with E-state index in [0.29, 0.717) is 0 Å². The van der Waals surface area contributed by atoms with E-state index in [2.05, 4.69) is 26.3 Å². The molecule has 0 N–H and O–H groups in total. The summed E-state index contributed by atoms with van der Waals surface area (Å²) in [6.07, 6.45) is 0.523. The molecule has 0 bridgehead atoms. The Morgan fingerprint density at radius 2 is 0.511 bits per heavy atom. The van der Waals surface area contributed by atoms with E-state index in [0.717, 1.165) is 48.5 Å². The van der Waals surface area contributed by atoms with Gasteiger partial charge in [-0.25, -0.2) is 35.1 Å². The first kappa shape index (κ1) is 33.2. The van der Waals surface area contributed by atoms with Gasteiger partial charge >= 0.3 is 0 Å². The molecule has 4 aromatic carbocycles. The third-order valence-electron chi connectivity index (χ3n) is 8.05. The lowest BCUT2D eigenvalue weighted by Crippen LogP contribution is -2.75. The number of halogens is 8. The normalized spacial score (nSPS) is 11.4. The number of rotatable bonds is 12. The molecule has 4 rings (SSSR count). The van der Waals surface area contributed by atoms with Crippen molar-refractivity contribution in [2.24, 2.45) is 0 Å². The molecule has 0 heterocycles. The van der Waals surface area contributed by atoms with E-state index in [1.807, 2.05) is 0 Å². The maximum atomic E-state index is 15.6. The van der Waals surface area contributed by atoms with Crippen molar-refractivity contribution in [3.05, 3.63) is 168 Å². The van der Waals surface area contributed by atoms with Gasteiger partial charge in [-0.2, -0.15) is 21.9 Å². The van der Waals surface area contributed by atoms with Gasteiger partial charge in [0.1, 0.15) is 52.7 Å². The molecule has 45 heavy (non-hydrogen) atoms. The zero-order chi connectivity index (χ0) is 33.1. The smallest absolute Gasteiger partial charge is 0.126 e. The summed E-state index contributed by atoms with van der Waals surface area (Å²) in [5.74, 6) is -8.93. The Balaban J connectivity index is 2.30. The Labute approximate surface area is 256 Å². The molecule has 0 aliphatic carbocycles. The highest BCUT2D eigenvalue weighted by atomic mass is 19.2. The highest BCUT2D eigenvalue weighted by Crippen LogP contribution is 2.23. The van der Waals surface area contributed by atoms with Crippen molar-refractivity contribution in [1.29, 1.82) is 0 Å². The number of benzene rings is 4. The van der Waals surface area contributed by atoms with Crippen molar-refractivity contribution in [2.45, 2.75) is 25.7 Å². The molecule has 0 atom stereocenters. The van der Waals surface area contributed by atoms with Crippen LogP contribution in [-0.2, 0) is 25.7 Å². The van der Waals surface area contributed by atoms with Crippen LogP contribution >= 0.6 is 0 Å². The van der Waals surface area contributed by atoms with E-state index in [1.165, 1.54) is 24.3 Å². The van der Waals surface area contributed by atoms with Gasteiger partial charge in [-0.3, -0.25) is 0 Å². The van der Waals surface area contributed by atoms with E-state index in [4.69, 9.17) is 0 Å². The SMILES string of the molecule is C=CCc1c(F)cc([B-](c2cc(F)c(CC=C)c(F)c2)(c2cc(F)c(CC=C)c(F)c2)c2cc(F)c(CC=C)c(F)c2)cc1F. The number of hydrogen-bond acceptors (Lipinski definition) is 0. The van der Waals surface area contributed by atoms with Gasteiger partial charge in [0.05, 0.1) is 0 Å². The van der Waals surface area contributed by atoms with E-state index in [1.54, 1.807) is 0 Å². The first-order chi connectivity index (χ1) is 21.4. The van der Waals surface area contributed by atoms with Gasteiger partial charge in [0.2, 0.25) is 0 Å². The van der Waals surface area contributed by atoms with Gasteiger partial charge in [-0.1, -0.05) is 72.8 Å². The number of hydrogen-bond donors (Lipinski definition) is 0. The highest BCUT2D eigenvalue weighted by molar-refractivity contribution is 7.19. The van der Waals surface area contributed by atoms with E-state index < -0.39 is 96.8 Å². The Kier molecular flexibility index (Phi) is 10.0. The second kappa shape index (κ2) is 13.5. The Bertz CT molecular complexity index is 1460. The largest absolute Gasteiger partial charge is 0.207 e. The summed E-state index contributed by atoms with van der Waals surface area (Å²) in [6, 6.07) is 6.64. The fourth-order valence-corrected chi connectivity index (χ4v) is 6.00. The summed E-state index contributed by atoms with van der Waals surface area (Å²) in [5.41, 5.74) is -3.19. The molecule has 0 fully saturated rings. The average Bonchev–Trinajstić information content (AvgIpc) is 2.97. The van der Waals surface area contributed by atoms with Gasteiger partial charge in [-0.05, 0) is 25.7 Å². The lowest BCUT2D eigenvalue weighted by Gasteiger charge is -2.45. The van der Waals surface area contributed by atoms with Crippen LogP contribution < -0.4 is 21.9 Å². The highest BCUT2D eigenvalue weighted by Gasteiger charge is 2.37. The van der Waals surface area contributed by atoms with Gasteiger partial charge < -0.3 is 0 Å². The van der Waals surface area contributed by atoms with Crippen LogP contribution in [0.1, 0.15) is 22.3 Å². The maximum Gasteiger partial charge on any atom is 0.126 e. The zero-order valence-corrected chi connectivity index (χ0v) is 24.2. The monoisotopic (exact) mass is 623 g/mol. The number of allylic oxidation sites excluding steroid dienone is 4. The van der Waals surface area contributed by atoms with Gasteiger partial charge in [0.25, 0.3) is 0 Å². The summed E-state index contributed by atoms with van der Waals surface area (Å²) >= 11 is 0. The fourth-order valence-electron chi connectivity index (χ4n) is 6.00. The van der Waals surface area contributed by atoms with E-state index in [-0.39, 0.29) is 25.7 Å². The molecule has 0 aliphatic rings. The van der Waals surface area contributed by atoms with Crippen LogP contribution in [0.3, 0.4) is 0 Å². The maximum absolute atomic E-state index is 15.6. The fraction of sp³-hybridized carbons (Fsp3) is 0.111. The molecular formula is C36H28BF8-. The van der Waals surface area contributed by atoms with E-state index in [9.17, 15) is 0 Å². The standard InChI is InChI=1S/C36H28BF8/c1-5-9-25-29(38)13-21(14-30(25)39)37(22-15-31(40)26(10-6-2)32(41)16-22,23-17-33(42)27(11-7-3)34(43)18-23)24-19-35(44)28(12-8-4)36(45)20-24/h5-8,13-20H,1-4,9-12H2/q-1. The van der Waals surface area contributed by atoms with Crippen LogP contribution in [-0.4, -0.2) is 6.15 Å². The third kappa shape index (κ3) is 6.04. The molecule has 0 nitrogen and oxygen atoms in total. The molecule has 0 saturated heterocycles. The van der Waals surface area contributed by atoms with Crippen molar-refractivity contribution >= 4 is 28.0 Å². The molecule has 0 spiro atoms. The van der Waals surface area contributed by atoms with Gasteiger partial charge in [0.15, 0.2) is 0 Å². The van der Waals surface area contributed by atoms with E-state index >= 15 is 35.1 Å². The summed E-state index contributed by atoms with van der Waals surface area (Å²) in [5, 5.41) is 0. The molecular weight excluding hydrogens is 595 g/mol. The van der Waals surface area contributed by atoms with Crippen LogP contribution in [0, 0.1) is 46.5 Å². The second-order valence-electron chi connectivity index (χ2n) is 10.7. The predicted octanol–water partition coefficient (Wildman–Crippen LogP) is 7.09. The first-order valence-electron chi connectivity index (χ1n) is 14.0. The first-order valence-corrected chi connectivity index (χ1v) is 14.0. The van der Waals surface area contributed by atoms with Crippen LogP contribution in [0.4, 0.5) is 35.1 Å². The molecule has 0 unspecified atom stereocenters. The second-order valence-corrected chi connectivity index (χ2v) is 10.7.